The summed E-state index contributed by atoms with van der Waals surface area (Å²) in [6.07, 6.45) is 2.33. The molecule has 0 amide bonds. The fraction of sp³-hybridized carbons (Fsp3) is 0.219. The Labute approximate surface area is 242 Å². The zero-order chi connectivity index (χ0) is 28.9. The van der Waals surface area contributed by atoms with Gasteiger partial charge in [0.1, 0.15) is 6.61 Å². The average molecular weight is 564 g/mol. The molecule has 1 aliphatic carbocycles. The summed E-state index contributed by atoms with van der Waals surface area (Å²) < 4.78 is 19.3. The molecule has 0 saturated heterocycles. The summed E-state index contributed by atoms with van der Waals surface area (Å²) in [5, 5.41) is 0. The van der Waals surface area contributed by atoms with Crippen molar-refractivity contribution in [1.29, 1.82) is 0 Å². The van der Waals surface area contributed by atoms with Crippen molar-refractivity contribution in [2.45, 2.75) is 19.6 Å². The maximum Gasteiger partial charge on any atom is 0.338 e. The molecule has 1 aliphatic rings. The summed E-state index contributed by atoms with van der Waals surface area (Å²) in [7, 11) is 0. The number of hydrogen-bond acceptors (Lipinski definition) is 9. The summed E-state index contributed by atoms with van der Waals surface area (Å²) in [6.45, 7) is 1.03. The first kappa shape index (κ1) is 26.9. The zero-order valence-corrected chi connectivity index (χ0v) is 22.8. The molecule has 42 heavy (non-hydrogen) atoms. The van der Waals surface area contributed by atoms with E-state index in [1.54, 1.807) is 54.9 Å². The molecule has 1 fully saturated rings. The SMILES string of the molecule is Nc1nc(OCc2ccccc2)c2ncn(C[C@]3(COC(=O)c4ccccc4)C[C@H]3COC(=O)c3ccccc3)c2n1. The van der Waals surface area contributed by atoms with Crippen LogP contribution in [-0.2, 0) is 22.6 Å². The molecule has 1 saturated carbocycles. The summed E-state index contributed by atoms with van der Waals surface area (Å²) >= 11 is 0. The van der Waals surface area contributed by atoms with Crippen LogP contribution in [0.25, 0.3) is 11.2 Å². The normalized spacial score (nSPS) is 17.5. The minimum atomic E-state index is -0.500. The van der Waals surface area contributed by atoms with Gasteiger partial charge < -0.3 is 24.5 Å². The molecule has 10 heteroatoms. The molecule has 3 aromatic carbocycles. The second kappa shape index (κ2) is 11.7. The highest BCUT2D eigenvalue weighted by molar-refractivity contribution is 5.89. The van der Waals surface area contributed by atoms with Crippen LogP contribution >= 0.6 is 0 Å². The highest BCUT2D eigenvalue weighted by atomic mass is 16.5. The van der Waals surface area contributed by atoms with Gasteiger partial charge >= 0.3 is 11.9 Å². The Hall–Kier alpha value is -5.25. The first-order chi connectivity index (χ1) is 20.5. The minimum Gasteiger partial charge on any atom is -0.471 e. The number of aromatic nitrogens is 4. The number of rotatable bonds is 11. The molecule has 2 heterocycles. The van der Waals surface area contributed by atoms with Crippen LogP contribution in [0.15, 0.2) is 97.3 Å². The second-order valence-electron chi connectivity index (χ2n) is 10.4. The van der Waals surface area contributed by atoms with Crippen molar-refractivity contribution in [1.82, 2.24) is 19.5 Å². The molecule has 0 radical (unpaired) electrons. The highest BCUT2D eigenvalue weighted by Crippen LogP contribution is 2.54. The number of nitrogens with two attached hydrogens (primary N) is 1. The van der Waals surface area contributed by atoms with Crippen molar-refractivity contribution < 1.29 is 23.8 Å². The standard InChI is InChI=1S/C32H29N5O5/c33-31-35-27-26(28(36-31)40-17-22-10-4-1-5-11-22)34-21-37(27)19-32(20-42-30(39)24-14-8-3-9-15-24)16-25(32)18-41-29(38)23-12-6-2-7-13-23/h1-15,21,25H,16-20H2,(H2,33,35,36)/t25-,32-/m0/s1. The van der Waals surface area contributed by atoms with Gasteiger partial charge in [-0.2, -0.15) is 9.97 Å². The van der Waals surface area contributed by atoms with Crippen molar-refractivity contribution in [3.8, 4) is 5.88 Å². The van der Waals surface area contributed by atoms with Crippen molar-refractivity contribution in [2.24, 2.45) is 11.3 Å². The Morgan fingerprint density at radius 3 is 2.14 bits per heavy atom. The number of ether oxygens (including phenoxy) is 3. The van der Waals surface area contributed by atoms with Crippen molar-refractivity contribution >= 4 is 29.1 Å². The lowest BCUT2D eigenvalue weighted by Gasteiger charge is -2.19. The molecular weight excluding hydrogens is 534 g/mol. The second-order valence-corrected chi connectivity index (χ2v) is 10.4. The van der Waals surface area contributed by atoms with Crippen LogP contribution in [0.4, 0.5) is 5.95 Å². The Balaban J connectivity index is 1.21. The smallest absolute Gasteiger partial charge is 0.338 e. The number of hydrogen-bond donors (Lipinski definition) is 1. The molecule has 6 rings (SSSR count). The van der Waals surface area contributed by atoms with Gasteiger partial charge in [-0.15, -0.1) is 0 Å². The molecule has 2 N–H and O–H groups in total. The van der Waals surface area contributed by atoms with Gasteiger partial charge in [0.25, 0.3) is 0 Å². The quantitative estimate of drug-likeness (QED) is 0.227. The molecule has 0 spiro atoms. The minimum absolute atomic E-state index is 0.0424. The summed E-state index contributed by atoms with van der Waals surface area (Å²) in [5.74, 6) is -0.513. The van der Waals surface area contributed by atoms with Crippen LogP contribution < -0.4 is 10.5 Å². The summed E-state index contributed by atoms with van der Waals surface area (Å²) in [5.41, 5.74) is 8.47. The molecule has 2 atom stereocenters. The fourth-order valence-electron chi connectivity index (χ4n) is 5.00. The predicted octanol–water partition coefficient (Wildman–Crippen LogP) is 4.71. The number of fused-ring (bicyclic) bond motifs is 1. The summed E-state index contributed by atoms with van der Waals surface area (Å²) in [4.78, 5) is 38.6. The Morgan fingerprint density at radius 1 is 0.857 bits per heavy atom. The van der Waals surface area contributed by atoms with Crippen LogP contribution in [0.3, 0.4) is 0 Å². The Kier molecular flexibility index (Phi) is 7.50. The lowest BCUT2D eigenvalue weighted by atomic mass is 10.1. The topological polar surface area (TPSA) is 131 Å². The summed E-state index contributed by atoms with van der Waals surface area (Å²) in [6, 6.07) is 27.4. The number of carbonyl (C=O) groups is 2. The fourth-order valence-corrected chi connectivity index (χ4v) is 5.00. The number of anilines is 1. The van der Waals surface area contributed by atoms with Gasteiger partial charge in [-0.25, -0.2) is 14.6 Å². The van der Waals surface area contributed by atoms with Crippen LogP contribution in [0.5, 0.6) is 5.88 Å². The first-order valence-electron chi connectivity index (χ1n) is 13.6. The molecule has 0 aliphatic heterocycles. The van der Waals surface area contributed by atoms with Gasteiger partial charge in [-0.1, -0.05) is 66.7 Å². The highest BCUT2D eigenvalue weighted by Gasteiger charge is 2.56. The zero-order valence-electron chi connectivity index (χ0n) is 22.8. The van der Waals surface area contributed by atoms with Crippen LogP contribution in [0.1, 0.15) is 32.7 Å². The van der Waals surface area contributed by atoms with Gasteiger partial charge in [-0.3, -0.25) is 0 Å². The third kappa shape index (κ3) is 5.92. The molecule has 2 aromatic heterocycles. The van der Waals surface area contributed by atoms with Crippen LogP contribution in [0, 0.1) is 11.3 Å². The molecular formula is C32H29N5O5. The van der Waals surface area contributed by atoms with E-state index >= 15 is 0 Å². The van der Waals surface area contributed by atoms with Crippen molar-refractivity contribution in [3.63, 3.8) is 0 Å². The van der Waals surface area contributed by atoms with Gasteiger partial charge in [0.2, 0.25) is 11.8 Å². The number of benzene rings is 3. The molecule has 0 unspecified atom stereocenters. The molecule has 0 bridgehead atoms. The van der Waals surface area contributed by atoms with E-state index in [9.17, 15) is 9.59 Å². The van der Waals surface area contributed by atoms with Crippen LogP contribution in [0.2, 0.25) is 0 Å². The molecule has 212 valence electrons. The van der Waals surface area contributed by atoms with E-state index in [4.69, 9.17) is 19.9 Å². The third-order valence-corrected chi connectivity index (χ3v) is 7.44. The van der Waals surface area contributed by atoms with E-state index in [0.29, 0.717) is 41.9 Å². The number of carbonyl (C=O) groups excluding carboxylic acids is 2. The molecule has 10 nitrogen and oxygen atoms in total. The first-order valence-corrected chi connectivity index (χ1v) is 13.6. The lowest BCUT2D eigenvalue weighted by molar-refractivity contribution is 0.0317. The van der Waals surface area contributed by atoms with E-state index in [-0.39, 0.29) is 31.0 Å². The average Bonchev–Trinajstić information content (AvgIpc) is 3.58. The Morgan fingerprint density at radius 2 is 1.48 bits per heavy atom. The number of esters is 2. The number of nitrogens with zero attached hydrogens (tertiary/aromatic N) is 4. The van der Waals surface area contributed by atoms with Crippen molar-refractivity contribution in [2.75, 3.05) is 18.9 Å². The largest absolute Gasteiger partial charge is 0.471 e. The van der Waals surface area contributed by atoms with E-state index in [1.165, 1.54) is 0 Å². The van der Waals surface area contributed by atoms with Crippen molar-refractivity contribution in [3.05, 3.63) is 114 Å². The van der Waals surface area contributed by atoms with E-state index < -0.39 is 17.4 Å². The van der Waals surface area contributed by atoms with Crippen LogP contribution in [-0.4, -0.2) is 44.7 Å². The Bertz CT molecular complexity index is 1690. The predicted molar refractivity (Wildman–Crippen MR) is 154 cm³/mol. The lowest BCUT2D eigenvalue weighted by Crippen LogP contribution is -2.24. The maximum absolute atomic E-state index is 12.8. The molecule has 5 aromatic rings. The van der Waals surface area contributed by atoms with Gasteiger partial charge in [0, 0.05) is 17.9 Å². The van der Waals surface area contributed by atoms with Gasteiger partial charge in [-0.05, 0) is 36.2 Å². The van der Waals surface area contributed by atoms with E-state index in [0.717, 1.165) is 5.56 Å². The van der Waals surface area contributed by atoms with Gasteiger partial charge in [0.15, 0.2) is 11.2 Å². The maximum atomic E-state index is 12.8. The third-order valence-electron chi connectivity index (χ3n) is 7.44. The van der Waals surface area contributed by atoms with E-state index in [2.05, 4.69) is 15.0 Å². The van der Waals surface area contributed by atoms with E-state index in [1.807, 2.05) is 47.0 Å². The number of nitrogen functional groups attached to an aromatic ring is 1. The monoisotopic (exact) mass is 563 g/mol. The number of imidazole rings is 1. The van der Waals surface area contributed by atoms with Gasteiger partial charge in [0.05, 0.1) is 30.7 Å².